The van der Waals surface area contributed by atoms with Gasteiger partial charge in [0.15, 0.2) is 0 Å². The van der Waals surface area contributed by atoms with Crippen molar-refractivity contribution in [2.75, 3.05) is 18.0 Å². The average molecular weight is 434 g/mol. The van der Waals surface area contributed by atoms with E-state index in [2.05, 4.69) is 24.2 Å². The summed E-state index contributed by atoms with van der Waals surface area (Å²) in [6.07, 6.45) is 1.93. The predicted molar refractivity (Wildman–Crippen MR) is 121 cm³/mol. The molecule has 1 unspecified atom stereocenters. The first-order valence-corrected chi connectivity index (χ1v) is 10.7. The van der Waals surface area contributed by atoms with Crippen molar-refractivity contribution in [2.45, 2.75) is 46.1 Å². The van der Waals surface area contributed by atoms with Gasteiger partial charge in [-0.2, -0.15) is 5.26 Å². The van der Waals surface area contributed by atoms with Gasteiger partial charge in [-0.05, 0) is 68.1 Å². The van der Waals surface area contributed by atoms with Crippen LogP contribution in [0.4, 0.5) is 5.69 Å². The lowest BCUT2D eigenvalue weighted by Gasteiger charge is -2.32. The fourth-order valence-electron chi connectivity index (χ4n) is 4.25. The number of nitriles is 1. The Bertz CT molecular complexity index is 1110. The van der Waals surface area contributed by atoms with Crippen molar-refractivity contribution >= 4 is 17.9 Å². The van der Waals surface area contributed by atoms with Crippen LogP contribution in [-0.2, 0) is 22.6 Å². The van der Waals surface area contributed by atoms with Crippen molar-refractivity contribution in [3.05, 3.63) is 58.1 Å². The summed E-state index contributed by atoms with van der Waals surface area (Å²) in [5.74, 6) is 0.522. The Morgan fingerprint density at radius 3 is 2.91 bits per heavy atom. The van der Waals surface area contributed by atoms with E-state index in [9.17, 15) is 10.1 Å². The number of nitrogens with two attached hydrogens (primary N) is 1. The van der Waals surface area contributed by atoms with Crippen LogP contribution in [0.1, 0.15) is 47.9 Å². The molecule has 2 N–H and O–H groups in total. The minimum Gasteiger partial charge on any atom is -0.490 e. The van der Waals surface area contributed by atoms with E-state index in [0.29, 0.717) is 24.4 Å². The second-order valence-electron chi connectivity index (χ2n) is 8.24. The zero-order valence-electron chi connectivity index (χ0n) is 18.5. The Kier molecular flexibility index (Phi) is 6.01. The van der Waals surface area contributed by atoms with E-state index in [1.807, 2.05) is 30.9 Å². The van der Waals surface area contributed by atoms with Crippen molar-refractivity contribution in [1.82, 2.24) is 4.90 Å². The molecule has 0 aromatic heterocycles. The Labute approximate surface area is 187 Å². The second-order valence-corrected chi connectivity index (χ2v) is 8.24. The van der Waals surface area contributed by atoms with Gasteiger partial charge in [-0.1, -0.05) is 11.2 Å². The van der Waals surface area contributed by atoms with Crippen molar-refractivity contribution in [1.29, 1.82) is 5.26 Å². The number of oxime groups is 1. The van der Waals surface area contributed by atoms with Crippen LogP contribution in [0.3, 0.4) is 0 Å². The van der Waals surface area contributed by atoms with E-state index < -0.39 is 6.23 Å². The molecule has 0 fully saturated rings. The van der Waals surface area contributed by atoms with Gasteiger partial charge in [-0.3, -0.25) is 9.69 Å². The number of hydrogen-bond acceptors (Lipinski definition) is 7. The molecular formula is C24H27N5O3. The molecule has 1 amide bonds. The van der Waals surface area contributed by atoms with Gasteiger partial charge in [0.1, 0.15) is 18.2 Å². The molecule has 2 aliphatic rings. The summed E-state index contributed by atoms with van der Waals surface area (Å²) in [7, 11) is 0. The zero-order chi connectivity index (χ0) is 22.8. The molecule has 8 heteroatoms. The number of ether oxygens (including phenoxy) is 1. The molecule has 0 bridgehead atoms. The monoisotopic (exact) mass is 433 g/mol. The molecule has 1 atom stereocenters. The first-order chi connectivity index (χ1) is 15.4. The van der Waals surface area contributed by atoms with E-state index in [4.69, 9.17) is 15.3 Å². The lowest BCUT2D eigenvalue weighted by molar-refractivity contribution is -0.130. The number of benzene rings is 2. The molecule has 166 valence electrons. The Hall–Kier alpha value is -3.57. The van der Waals surface area contributed by atoms with Gasteiger partial charge in [-0.15, -0.1) is 0 Å². The van der Waals surface area contributed by atoms with E-state index in [1.165, 1.54) is 5.56 Å². The molecule has 0 aliphatic carbocycles. The highest BCUT2D eigenvalue weighted by atomic mass is 16.7. The standard InChI is InChI=1S/C24H27N5O3/c1-15(2)31-22-7-5-17(10-19(22)11-25)24-29(14-27-32-24)21-6-4-18-13-28(23(30)12-26)9-8-20(18)16(21)3/h4-7,10,14-15,24H,8-9,12-13,26H2,1-3H3. The van der Waals surface area contributed by atoms with Crippen LogP contribution < -0.4 is 15.4 Å². The molecule has 0 spiro atoms. The van der Waals surface area contributed by atoms with Gasteiger partial charge in [0.2, 0.25) is 12.1 Å². The molecule has 0 radical (unpaired) electrons. The number of fused-ring (bicyclic) bond motifs is 1. The molecule has 2 aromatic rings. The van der Waals surface area contributed by atoms with Gasteiger partial charge < -0.3 is 20.2 Å². The van der Waals surface area contributed by atoms with E-state index in [-0.39, 0.29) is 18.6 Å². The third kappa shape index (κ3) is 3.99. The highest BCUT2D eigenvalue weighted by Crippen LogP contribution is 2.37. The summed E-state index contributed by atoms with van der Waals surface area (Å²) < 4.78 is 5.74. The van der Waals surface area contributed by atoms with Crippen LogP contribution in [0.5, 0.6) is 5.75 Å². The van der Waals surface area contributed by atoms with Crippen molar-refractivity contribution in [3.8, 4) is 11.8 Å². The van der Waals surface area contributed by atoms with Crippen molar-refractivity contribution < 1.29 is 14.4 Å². The first-order valence-electron chi connectivity index (χ1n) is 10.7. The summed E-state index contributed by atoms with van der Waals surface area (Å²) in [5.41, 5.74) is 11.3. The minimum absolute atomic E-state index is 0.0234. The number of rotatable bonds is 5. The maximum Gasteiger partial charge on any atom is 0.236 e. The average Bonchev–Trinajstić information content (AvgIpc) is 3.28. The highest BCUT2D eigenvalue weighted by Gasteiger charge is 2.30. The number of amides is 1. The van der Waals surface area contributed by atoms with Crippen LogP contribution in [0.2, 0.25) is 0 Å². The van der Waals surface area contributed by atoms with Crippen LogP contribution in [0.25, 0.3) is 0 Å². The molecular weight excluding hydrogens is 406 g/mol. The predicted octanol–water partition coefficient (Wildman–Crippen LogP) is 2.98. The Balaban J connectivity index is 1.63. The normalized spacial score (nSPS) is 17.2. The fraction of sp³-hybridized carbons (Fsp3) is 0.375. The quantitative estimate of drug-likeness (QED) is 0.777. The summed E-state index contributed by atoms with van der Waals surface area (Å²) in [6, 6.07) is 11.8. The number of carbonyl (C=O) groups is 1. The van der Waals surface area contributed by atoms with Gasteiger partial charge in [0.25, 0.3) is 0 Å². The Morgan fingerprint density at radius 2 is 2.19 bits per heavy atom. The number of nitrogens with zero attached hydrogens (tertiary/aromatic N) is 4. The number of anilines is 1. The molecule has 4 rings (SSSR count). The van der Waals surface area contributed by atoms with Gasteiger partial charge in [0, 0.05) is 24.3 Å². The van der Waals surface area contributed by atoms with E-state index in [1.54, 1.807) is 23.4 Å². The lowest BCUT2D eigenvalue weighted by atomic mass is 9.93. The first kappa shape index (κ1) is 21.7. The molecule has 2 heterocycles. The zero-order valence-corrected chi connectivity index (χ0v) is 18.5. The van der Waals surface area contributed by atoms with Crippen LogP contribution in [0, 0.1) is 18.3 Å². The Morgan fingerprint density at radius 1 is 1.38 bits per heavy atom. The van der Waals surface area contributed by atoms with Crippen LogP contribution in [0.15, 0.2) is 35.5 Å². The van der Waals surface area contributed by atoms with Gasteiger partial charge >= 0.3 is 0 Å². The molecule has 0 saturated heterocycles. The topological polar surface area (TPSA) is 104 Å². The third-order valence-electron chi connectivity index (χ3n) is 5.82. The number of carbonyl (C=O) groups excluding carboxylic acids is 1. The molecule has 0 saturated carbocycles. The molecule has 2 aliphatic heterocycles. The summed E-state index contributed by atoms with van der Waals surface area (Å²) in [5, 5.41) is 13.6. The van der Waals surface area contributed by atoms with E-state index in [0.717, 1.165) is 28.8 Å². The molecule has 8 nitrogen and oxygen atoms in total. The second kappa shape index (κ2) is 8.89. The van der Waals surface area contributed by atoms with Crippen molar-refractivity contribution in [2.24, 2.45) is 10.9 Å². The van der Waals surface area contributed by atoms with Crippen LogP contribution >= 0.6 is 0 Å². The third-order valence-corrected chi connectivity index (χ3v) is 5.82. The maximum atomic E-state index is 12.0. The lowest BCUT2D eigenvalue weighted by Crippen LogP contribution is -2.40. The summed E-state index contributed by atoms with van der Waals surface area (Å²) in [6.45, 7) is 7.19. The van der Waals surface area contributed by atoms with Crippen LogP contribution in [-0.4, -0.2) is 36.3 Å². The van der Waals surface area contributed by atoms with Crippen molar-refractivity contribution in [3.63, 3.8) is 0 Å². The summed E-state index contributed by atoms with van der Waals surface area (Å²) in [4.78, 5) is 21.4. The van der Waals surface area contributed by atoms with E-state index >= 15 is 0 Å². The largest absolute Gasteiger partial charge is 0.490 e. The summed E-state index contributed by atoms with van der Waals surface area (Å²) >= 11 is 0. The number of hydrogen-bond donors (Lipinski definition) is 1. The maximum absolute atomic E-state index is 12.0. The molecule has 32 heavy (non-hydrogen) atoms. The SMILES string of the molecule is Cc1c(N2C=NOC2c2ccc(OC(C)C)c(C#N)c2)ccc2c1CCN(C(=O)CN)C2. The highest BCUT2D eigenvalue weighted by molar-refractivity contribution is 5.83. The minimum atomic E-state index is -0.481. The smallest absolute Gasteiger partial charge is 0.236 e. The fourth-order valence-corrected chi connectivity index (χ4v) is 4.25. The van der Waals surface area contributed by atoms with Gasteiger partial charge in [0.05, 0.1) is 18.2 Å². The van der Waals surface area contributed by atoms with Gasteiger partial charge in [-0.25, -0.2) is 0 Å². The molecule has 2 aromatic carbocycles.